The SMILES string of the molecule is Cc1ccc(N(c2ccc(-c3ccccc3)cc2)c2ccc3c(c2)c2ccccc2c2c4ccc(N(c5ccc(C)cc5)c5ccc(-c6ccccc6)cc5)cc4c4ccccc4c32)cc1. The number of nitrogens with zero attached hydrogens (tertiary/aromatic N) is 2. The summed E-state index contributed by atoms with van der Waals surface area (Å²) in [6, 6.07) is 89.1. The lowest BCUT2D eigenvalue weighted by atomic mass is 9.87. The molecule has 66 heavy (non-hydrogen) atoms. The van der Waals surface area contributed by atoms with Crippen molar-refractivity contribution in [2.45, 2.75) is 13.8 Å². The summed E-state index contributed by atoms with van der Waals surface area (Å²) in [5, 5.41) is 12.5. The maximum Gasteiger partial charge on any atom is 0.0468 e. The first-order chi connectivity index (χ1) is 32.6. The van der Waals surface area contributed by atoms with Crippen molar-refractivity contribution >= 4 is 88.0 Å². The maximum absolute atomic E-state index is 2.41. The molecule has 0 aliphatic heterocycles. The summed E-state index contributed by atoms with van der Waals surface area (Å²) in [5.41, 5.74) is 14.0. The van der Waals surface area contributed by atoms with Gasteiger partial charge in [-0.2, -0.15) is 0 Å². The van der Waals surface area contributed by atoms with Gasteiger partial charge in [-0.05, 0) is 163 Å². The molecular formula is C64H46N2. The number of hydrogen-bond acceptors (Lipinski definition) is 2. The van der Waals surface area contributed by atoms with Crippen LogP contribution < -0.4 is 9.80 Å². The van der Waals surface area contributed by atoms with Crippen molar-refractivity contribution in [2.24, 2.45) is 0 Å². The lowest BCUT2D eigenvalue weighted by Gasteiger charge is -2.27. The van der Waals surface area contributed by atoms with E-state index in [-0.39, 0.29) is 0 Å². The third-order valence-corrected chi connectivity index (χ3v) is 13.3. The number of rotatable bonds is 8. The molecule has 0 bridgehead atoms. The van der Waals surface area contributed by atoms with Gasteiger partial charge in [-0.1, -0.05) is 181 Å². The summed E-state index contributed by atoms with van der Waals surface area (Å²) in [6.45, 7) is 4.30. The summed E-state index contributed by atoms with van der Waals surface area (Å²) in [5.74, 6) is 0. The predicted octanol–water partition coefficient (Wildman–Crippen LogP) is 18.3. The van der Waals surface area contributed by atoms with Crippen molar-refractivity contribution in [2.75, 3.05) is 9.80 Å². The fourth-order valence-corrected chi connectivity index (χ4v) is 10.1. The second-order valence-corrected chi connectivity index (χ2v) is 17.5. The Kier molecular flexibility index (Phi) is 9.65. The van der Waals surface area contributed by atoms with Crippen LogP contribution in [0, 0.1) is 13.8 Å². The van der Waals surface area contributed by atoms with Gasteiger partial charge in [-0.15, -0.1) is 0 Å². The molecule has 0 fully saturated rings. The second-order valence-electron chi connectivity index (χ2n) is 17.5. The van der Waals surface area contributed by atoms with E-state index >= 15 is 0 Å². The fraction of sp³-hybridized carbons (Fsp3) is 0.0312. The zero-order valence-electron chi connectivity index (χ0n) is 37.0. The van der Waals surface area contributed by atoms with Gasteiger partial charge < -0.3 is 9.80 Å². The van der Waals surface area contributed by atoms with Crippen LogP contribution in [0.4, 0.5) is 34.1 Å². The Labute approximate surface area is 385 Å². The van der Waals surface area contributed by atoms with Crippen molar-refractivity contribution < 1.29 is 0 Å². The molecule has 2 nitrogen and oxygen atoms in total. The summed E-state index contributed by atoms with van der Waals surface area (Å²) in [6.07, 6.45) is 0. The lowest BCUT2D eigenvalue weighted by molar-refractivity contribution is 1.28. The average Bonchev–Trinajstić information content (AvgIpc) is 3.38. The Morgan fingerprint density at radius 3 is 0.848 bits per heavy atom. The van der Waals surface area contributed by atoms with Crippen LogP contribution in [-0.4, -0.2) is 0 Å². The van der Waals surface area contributed by atoms with Crippen LogP contribution in [0.1, 0.15) is 11.1 Å². The van der Waals surface area contributed by atoms with E-state index in [0.29, 0.717) is 0 Å². The van der Waals surface area contributed by atoms with E-state index < -0.39 is 0 Å². The Morgan fingerprint density at radius 1 is 0.212 bits per heavy atom. The van der Waals surface area contributed by atoms with Gasteiger partial charge in [0, 0.05) is 34.1 Å². The number of aryl methyl sites for hydroxylation is 2. The molecule has 0 saturated carbocycles. The van der Waals surface area contributed by atoms with Crippen LogP contribution in [0.25, 0.3) is 76.1 Å². The summed E-state index contributed by atoms with van der Waals surface area (Å²) < 4.78 is 0. The highest BCUT2D eigenvalue weighted by molar-refractivity contribution is 6.39. The van der Waals surface area contributed by atoms with Crippen LogP contribution >= 0.6 is 0 Å². The van der Waals surface area contributed by atoms with Gasteiger partial charge in [-0.3, -0.25) is 0 Å². The standard InChI is InChI=1S/C64H46N2/c1-43-21-29-49(30-22-43)65(51-33-25-47(26-34-51)45-13-5-3-6-14-45)53-37-39-59-61(41-53)55-17-9-11-19-57(55)64-60-40-38-54(42-62(60)56-18-10-12-20-58(56)63(59)64)66(50-31-23-44(2)24-32-50)52-35-27-48(28-36-52)46-15-7-4-8-16-46/h3-42H,1-2H3. The third-order valence-electron chi connectivity index (χ3n) is 13.3. The minimum absolute atomic E-state index is 1.11. The maximum atomic E-state index is 2.41. The minimum Gasteiger partial charge on any atom is -0.310 e. The molecule has 0 spiro atoms. The van der Waals surface area contributed by atoms with E-state index in [1.165, 1.54) is 87.2 Å². The van der Waals surface area contributed by atoms with Crippen molar-refractivity contribution in [3.63, 3.8) is 0 Å². The molecule has 0 N–H and O–H groups in total. The van der Waals surface area contributed by atoms with E-state index in [0.717, 1.165) is 34.1 Å². The smallest absolute Gasteiger partial charge is 0.0468 e. The molecular weight excluding hydrogens is 797 g/mol. The Balaban J connectivity index is 1.06. The monoisotopic (exact) mass is 842 g/mol. The van der Waals surface area contributed by atoms with Crippen LogP contribution in [0.3, 0.4) is 0 Å². The number of benzene rings is 12. The van der Waals surface area contributed by atoms with E-state index in [1.807, 2.05) is 0 Å². The molecule has 12 aromatic carbocycles. The zero-order valence-corrected chi connectivity index (χ0v) is 37.0. The van der Waals surface area contributed by atoms with Gasteiger partial charge in [0.2, 0.25) is 0 Å². The average molecular weight is 843 g/mol. The first-order valence-corrected chi connectivity index (χ1v) is 22.8. The molecule has 0 radical (unpaired) electrons. The van der Waals surface area contributed by atoms with E-state index in [1.54, 1.807) is 0 Å². The van der Waals surface area contributed by atoms with Crippen LogP contribution in [0.15, 0.2) is 243 Å². The topological polar surface area (TPSA) is 6.48 Å². The number of anilines is 6. The molecule has 312 valence electrons. The Hall–Kier alpha value is -8.46. The second kappa shape index (κ2) is 16.3. The van der Waals surface area contributed by atoms with Crippen molar-refractivity contribution in [1.29, 1.82) is 0 Å². The fourth-order valence-electron chi connectivity index (χ4n) is 10.1. The minimum atomic E-state index is 1.11. The number of fused-ring (bicyclic) bond motifs is 11. The summed E-state index contributed by atoms with van der Waals surface area (Å²) in [4.78, 5) is 4.78. The highest BCUT2D eigenvalue weighted by atomic mass is 15.1. The van der Waals surface area contributed by atoms with Crippen molar-refractivity contribution in [3.8, 4) is 22.3 Å². The lowest BCUT2D eigenvalue weighted by Crippen LogP contribution is -2.10. The van der Waals surface area contributed by atoms with Crippen LogP contribution in [-0.2, 0) is 0 Å². The molecule has 0 heterocycles. The van der Waals surface area contributed by atoms with Gasteiger partial charge in [-0.25, -0.2) is 0 Å². The van der Waals surface area contributed by atoms with Gasteiger partial charge in [0.15, 0.2) is 0 Å². The van der Waals surface area contributed by atoms with Gasteiger partial charge in [0.1, 0.15) is 0 Å². The molecule has 0 aromatic heterocycles. The molecule has 12 aromatic rings. The van der Waals surface area contributed by atoms with E-state index in [4.69, 9.17) is 0 Å². The molecule has 0 unspecified atom stereocenters. The normalized spacial score (nSPS) is 11.5. The Bertz CT molecular complexity index is 3480. The van der Waals surface area contributed by atoms with Crippen LogP contribution in [0.5, 0.6) is 0 Å². The highest BCUT2D eigenvalue weighted by Gasteiger charge is 2.21. The highest BCUT2D eigenvalue weighted by Crippen LogP contribution is 2.48. The molecule has 0 amide bonds. The molecule has 2 heteroatoms. The zero-order chi connectivity index (χ0) is 44.1. The predicted molar refractivity (Wildman–Crippen MR) is 284 cm³/mol. The first-order valence-electron chi connectivity index (χ1n) is 22.8. The molecule has 0 atom stereocenters. The van der Waals surface area contributed by atoms with Gasteiger partial charge >= 0.3 is 0 Å². The Morgan fingerprint density at radius 2 is 0.485 bits per heavy atom. The third kappa shape index (κ3) is 6.83. The number of hydrogen-bond donors (Lipinski definition) is 0. The summed E-state index contributed by atoms with van der Waals surface area (Å²) in [7, 11) is 0. The van der Waals surface area contributed by atoms with E-state index in [9.17, 15) is 0 Å². The first kappa shape index (κ1) is 39.2. The largest absolute Gasteiger partial charge is 0.310 e. The molecule has 0 saturated heterocycles. The molecule has 12 rings (SSSR count). The van der Waals surface area contributed by atoms with Crippen molar-refractivity contribution in [1.82, 2.24) is 0 Å². The quantitative estimate of drug-likeness (QED) is 0.141. The molecule has 0 aliphatic carbocycles. The van der Waals surface area contributed by atoms with Crippen LogP contribution in [0.2, 0.25) is 0 Å². The van der Waals surface area contributed by atoms with Crippen molar-refractivity contribution in [3.05, 3.63) is 254 Å². The van der Waals surface area contributed by atoms with E-state index in [2.05, 4.69) is 266 Å². The molecule has 0 aliphatic rings. The summed E-state index contributed by atoms with van der Waals surface area (Å²) >= 11 is 0. The van der Waals surface area contributed by atoms with Gasteiger partial charge in [0.05, 0.1) is 0 Å². The van der Waals surface area contributed by atoms with Gasteiger partial charge in [0.25, 0.3) is 0 Å².